The first-order valence-corrected chi connectivity index (χ1v) is 7.64. The molecule has 0 heterocycles. The van der Waals surface area contributed by atoms with Gasteiger partial charge in [-0.15, -0.1) is 0 Å². The van der Waals surface area contributed by atoms with Gasteiger partial charge in [0.15, 0.2) is 0 Å². The standard InChI is InChI=1S/C12H26O.C3H9N/c1-2-3-4-5-6-7-8-9-10-11-12-13;1-2-3-4/h13H,2-12H2,1H3;2-4H2,1H3. The smallest absolute Gasteiger partial charge is 0.0431 e. The van der Waals surface area contributed by atoms with Crippen molar-refractivity contribution >= 4 is 0 Å². The molecule has 0 aliphatic carbocycles. The normalized spacial score (nSPS) is 9.88. The Morgan fingerprint density at radius 2 is 1.00 bits per heavy atom. The molecule has 0 unspecified atom stereocenters. The van der Waals surface area contributed by atoms with Crippen LogP contribution in [0.2, 0.25) is 0 Å². The van der Waals surface area contributed by atoms with Crippen LogP contribution in [0.25, 0.3) is 0 Å². The van der Waals surface area contributed by atoms with E-state index in [2.05, 4.69) is 13.8 Å². The molecule has 3 N–H and O–H groups in total. The molecular formula is C15H35NO. The largest absolute Gasteiger partial charge is 0.396 e. The van der Waals surface area contributed by atoms with Crippen molar-refractivity contribution < 1.29 is 5.11 Å². The maximum atomic E-state index is 8.57. The Morgan fingerprint density at radius 1 is 0.647 bits per heavy atom. The van der Waals surface area contributed by atoms with Crippen molar-refractivity contribution in [2.24, 2.45) is 5.73 Å². The van der Waals surface area contributed by atoms with Crippen LogP contribution in [0.3, 0.4) is 0 Å². The highest BCUT2D eigenvalue weighted by Crippen LogP contribution is 2.09. The number of nitrogens with two attached hydrogens (primary N) is 1. The molecule has 0 spiro atoms. The molecule has 0 fully saturated rings. The van der Waals surface area contributed by atoms with Crippen molar-refractivity contribution in [1.82, 2.24) is 0 Å². The van der Waals surface area contributed by atoms with Crippen molar-refractivity contribution in [1.29, 1.82) is 0 Å². The molecule has 0 aliphatic rings. The Labute approximate surface area is 109 Å². The summed E-state index contributed by atoms with van der Waals surface area (Å²) in [5.74, 6) is 0. The fraction of sp³-hybridized carbons (Fsp3) is 1.00. The summed E-state index contributed by atoms with van der Waals surface area (Å²) < 4.78 is 0. The van der Waals surface area contributed by atoms with E-state index < -0.39 is 0 Å². The van der Waals surface area contributed by atoms with Gasteiger partial charge in [0.05, 0.1) is 0 Å². The fourth-order valence-corrected chi connectivity index (χ4v) is 1.60. The molecule has 106 valence electrons. The van der Waals surface area contributed by atoms with Gasteiger partial charge in [-0.05, 0) is 19.4 Å². The molecule has 2 nitrogen and oxygen atoms in total. The maximum Gasteiger partial charge on any atom is 0.0431 e. The summed E-state index contributed by atoms with van der Waals surface area (Å²) in [7, 11) is 0. The van der Waals surface area contributed by atoms with Crippen LogP contribution in [0.1, 0.15) is 84.5 Å². The summed E-state index contributed by atoms with van der Waals surface area (Å²) in [6.07, 6.45) is 14.4. The summed E-state index contributed by atoms with van der Waals surface area (Å²) >= 11 is 0. The lowest BCUT2D eigenvalue weighted by molar-refractivity contribution is 0.282. The van der Waals surface area contributed by atoms with Crippen molar-refractivity contribution in [2.75, 3.05) is 13.2 Å². The summed E-state index contributed by atoms with van der Waals surface area (Å²) in [5, 5.41) is 8.57. The monoisotopic (exact) mass is 245 g/mol. The lowest BCUT2D eigenvalue weighted by atomic mass is 10.1. The van der Waals surface area contributed by atoms with E-state index in [-0.39, 0.29) is 0 Å². The minimum absolute atomic E-state index is 0.372. The van der Waals surface area contributed by atoms with E-state index in [4.69, 9.17) is 10.8 Å². The number of aliphatic hydroxyl groups excluding tert-OH is 1. The molecule has 0 atom stereocenters. The van der Waals surface area contributed by atoms with Crippen LogP contribution in [-0.4, -0.2) is 18.3 Å². The van der Waals surface area contributed by atoms with Crippen molar-refractivity contribution in [2.45, 2.75) is 84.5 Å². The zero-order chi connectivity index (χ0) is 13.2. The quantitative estimate of drug-likeness (QED) is 0.534. The molecule has 0 aromatic heterocycles. The van der Waals surface area contributed by atoms with Crippen LogP contribution >= 0.6 is 0 Å². The van der Waals surface area contributed by atoms with E-state index in [1.165, 1.54) is 57.8 Å². The number of hydrogen-bond acceptors (Lipinski definition) is 2. The van der Waals surface area contributed by atoms with E-state index in [0.29, 0.717) is 6.61 Å². The van der Waals surface area contributed by atoms with E-state index >= 15 is 0 Å². The Balaban J connectivity index is 0. The summed E-state index contributed by atoms with van der Waals surface area (Å²) in [6, 6.07) is 0. The number of hydrogen-bond donors (Lipinski definition) is 2. The van der Waals surface area contributed by atoms with Crippen molar-refractivity contribution in [3.63, 3.8) is 0 Å². The van der Waals surface area contributed by atoms with Crippen LogP contribution in [0, 0.1) is 0 Å². The van der Waals surface area contributed by atoms with Gasteiger partial charge >= 0.3 is 0 Å². The molecule has 0 radical (unpaired) electrons. The molecule has 0 saturated carbocycles. The van der Waals surface area contributed by atoms with Crippen LogP contribution in [0.4, 0.5) is 0 Å². The van der Waals surface area contributed by atoms with Gasteiger partial charge in [0.1, 0.15) is 0 Å². The average molecular weight is 245 g/mol. The van der Waals surface area contributed by atoms with Crippen LogP contribution < -0.4 is 5.73 Å². The molecule has 2 heteroatoms. The Bertz CT molecular complexity index is 95.1. The molecule has 0 aromatic carbocycles. The van der Waals surface area contributed by atoms with E-state index in [1.54, 1.807) is 0 Å². The van der Waals surface area contributed by atoms with Gasteiger partial charge in [0.25, 0.3) is 0 Å². The second-order valence-corrected chi connectivity index (χ2v) is 4.69. The molecule has 0 aliphatic heterocycles. The third-order valence-corrected chi connectivity index (χ3v) is 2.80. The molecule has 17 heavy (non-hydrogen) atoms. The Morgan fingerprint density at radius 3 is 1.29 bits per heavy atom. The zero-order valence-corrected chi connectivity index (χ0v) is 12.2. The van der Waals surface area contributed by atoms with E-state index in [9.17, 15) is 0 Å². The minimum Gasteiger partial charge on any atom is -0.396 e. The van der Waals surface area contributed by atoms with Crippen LogP contribution in [-0.2, 0) is 0 Å². The SMILES string of the molecule is CCCCCCCCCCCCO.CCCN. The first kappa shape index (κ1) is 19.3. The van der Waals surface area contributed by atoms with E-state index in [0.717, 1.165) is 19.4 Å². The summed E-state index contributed by atoms with van der Waals surface area (Å²) in [6.45, 7) is 5.51. The van der Waals surface area contributed by atoms with Crippen LogP contribution in [0.15, 0.2) is 0 Å². The summed E-state index contributed by atoms with van der Waals surface area (Å²) in [4.78, 5) is 0. The van der Waals surface area contributed by atoms with Gasteiger partial charge in [-0.2, -0.15) is 0 Å². The van der Waals surface area contributed by atoms with Gasteiger partial charge in [-0.25, -0.2) is 0 Å². The predicted octanol–water partition coefficient (Wildman–Crippen LogP) is 4.25. The lowest BCUT2D eigenvalue weighted by Crippen LogP contribution is -1.93. The van der Waals surface area contributed by atoms with Gasteiger partial charge < -0.3 is 10.8 Å². The van der Waals surface area contributed by atoms with Gasteiger partial charge in [0.2, 0.25) is 0 Å². The van der Waals surface area contributed by atoms with Crippen molar-refractivity contribution in [3.8, 4) is 0 Å². The highest BCUT2D eigenvalue weighted by atomic mass is 16.2. The fourth-order valence-electron chi connectivity index (χ4n) is 1.60. The first-order valence-electron chi connectivity index (χ1n) is 7.64. The molecule has 0 amide bonds. The van der Waals surface area contributed by atoms with Gasteiger partial charge in [0, 0.05) is 6.61 Å². The highest BCUT2D eigenvalue weighted by Gasteiger charge is 1.91. The minimum atomic E-state index is 0.372. The first-order chi connectivity index (χ1) is 8.33. The number of rotatable bonds is 11. The topological polar surface area (TPSA) is 46.2 Å². The maximum absolute atomic E-state index is 8.57. The Kier molecular flexibility index (Phi) is 24.1. The molecule has 0 saturated heterocycles. The second kappa shape index (κ2) is 21.2. The molecule has 0 bridgehead atoms. The predicted molar refractivity (Wildman–Crippen MR) is 78.3 cm³/mol. The van der Waals surface area contributed by atoms with Crippen LogP contribution in [0.5, 0.6) is 0 Å². The van der Waals surface area contributed by atoms with Crippen molar-refractivity contribution in [3.05, 3.63) is 0 Å². The third kappa shape index (κ3) is 25.9. The Hall–Kier alpha value is -0.0800. The second-order valence-electron chi connectivity index (χ2n) is 4.69. The molecule has 0 rings (SSSR count). The average Bonchev–Trinajstić information content (AvgIpc) is 2.37. The number of aliphatic hydroxyl groups is 1. The van der Waals surface area contributed by atoms with Gasteiger partial charge in [-0.1, -0.05) is 71.6 Å². The van der Waals surface area contributed by atoms with E-state index in [1.807, 2.05) is 0 Å². The highest BCUT2D eigenvalue weighted by molar-refractivity contribution is 4.46. The third-order valence-electron chi connectivity index (χ3n) is 2.80. The number of unbranched alkanes of at least 4 members (excludes halogenated alkanes) is 9. The summed E-state index contributed by atoms with van der Waals surface area (Å²) in [5.41, 5.74) is 5.03. The molecule has 0 aromatic rings. The van der Waals surface area contributed by atoms with Gasteiger partial charge in [-0.3, -0.25) is 0 Å². The lowest BCUT2D eigenvalue weighted by Gasteiger charge is -2.00. The zero-order valence-electron chi connectivity index (χ0n) is 12.2. The molecular weight excluding hydrogens is 210 g/mol.